The lowest BCUT2D eigenvalue weighted by Crippen LogP contribution is -2.05. The number of hydrogen-bond donors (Lipinski definition) is 0. The third-order valence-electron chi connectivity index (χ3n) is 2.55. The molecule has 98 valence electrons. The predicted molar refractivity (Wildman–Crippen MR) is 68.8 cm³/mol. The summed E-state index contributed by atoms with van der Waals surface area (Å²) < 4.78 is 4.99. The third kappa shape index (κ3) is 11.1. The van der Waals surface area contributed by atoms with Gasteiger partial charge in [0.1, 0.15) is 6.29 Å². The fourth-order valence-corrected chi connectivity index (χ4v) is 1.50. The Morgan fingerprint density at radius 2 is 1.59 bits per heavy atom. The van der Waals surface area contributed by atoms with Crippen LogP contribution in [0.3, 0.4) is 0 Å². The van der Waals surface area contributed by atoms with E-state index in [1.807, 2.05) is 0 Å². The number of hydrogen-bond acceptors (Lipinski definition) is 3. The molecule has 0 aliphatic heterocycles. The quantitative estimate of drug-likeness (QED) is 0.240. The average Bonchev–Trinajstić information content (AvgIpc) is 2.31. The van der Waals surface area contributed by atoms with Gasteiger partial charge < -0.3 is 9.53 Å². The monoisotopic (exact) mass is 240 g/mol. The first kappa shape index (κ1) is 15.9. The molecule has 0 saturated carbocycles. The van der Waals surface area contributed by atoms with E-state index in [1.165, 1.54) is 19.3 Å². The van der Waals surface area contributed by atoms with Crippen molar-refractivity contribution in [1.29, 1.82) is 0 Å². The van der Waals surface area contributed by atoms with Crippen molar-refractivity contribution in [3.05, 3.63) is 12.2 Å². The molecule has 0 rings (SSSR count). The van der Waals surface area contributed by atoms with Gasteiger partial charge in [-0.05, 0) is 19.8 Å². The summed E-state index contributed by atoms with van der Waals surface area (Å²) in [7, 11) is 0. The highest BCUT2D eigenvalue weighted by Gasteiger charge is 2.01. The summed E-state index contributed by atoms with van der Waals surface area (Å²) in [4.78, 5) is 21.1. The Kier molecular flexibility index (Phi) is 10.6. The van der Waals surface area contributed by atoms with E-state index in [4.69, 9.17) is 4.74 Å². The lowest BCUT2D eigenvalue weighted by atomic mass is 10.1. The van der Waals surface area contributed by atoms with Crippen LogP contribution in [-0.2, 0) is 14.3 Å². The lowest BCUT2D eigenvalue weighted by Gasteiger charge is -2.04. The number of aldehydes is 1. The maximum Gasteiger partial charge on any atom is 0.333 e. The van der Waals surface area contributed by atoms with Crippen molar-refractivity contribution in [2.24, 2.45) is 0 Å². The Balaban J connectivity index is 3.11. The van der Waals surface area contributed by atoms with Gasteiger partial charge in [-0.15, -0.1) is 0 Å². The van der Waals surface area contributed by atoms with Crippen molar-refractivity contribution in [2.45, 2.75) is 58.3 Å². The number of ether oxygens (including phenoxy) is 1. The van der Waals surface area contributed by atoms with Crippen LogP contribution in [0.15, 0.2) is 12.2 Å². The Labute approximate surface area is 104 Å². The normalized spacial score (nSPS) is 9.94. The van der Waals surface area contributed by atoms with Crippen LogP contribution in [0.2, 0.25) is 0 Å². The first-order chi connectivity index (χ1) is 8.18. The molecule has 0 bridgehead atoms. The number of unbranched alkanes of at least 4 members (excludes halogenated alkanes) is 7. The molecule has 0 aromatic heterocycles. The van der Waals surface area contributed by atoms with Gasteiger partial charge in [-0.2, -0.15) is 0 Å². The standard InChI is InChI=1S/C14H24O3/c1-13(2)14(16)17-12-10-8-6-4-3-5-7-9-11-15/h11H,1,3-10,12H2,2H3. The van der Waals surface area contributed by atoms with E-state index in [0.29, 0.717) is 18.6 Å². The topological polar surface area (TPSA) is 43.4 Å². The van der Waals surface area contributed by atoms with Crippen molar-refractivity contribution in [1.82, 2.24) is 0 Å². The second-order valence-corrected chi connectivity index (χ2v) is 4.35. The second kappa shape index (κ2) is 11.4. The second-order valence-electron chi connectivity index (χ2n) is 4.35. The molecule has 0 heterocycles. The molecule has 17 heavy (non-hydrogen) atoms. The van der Waals surface area contributed by atoms with Crippen LogP contribution >= 0.6 is 0 Å². The zero-order chi connectivity index (χ0) is 12.9. The summed E-state index contributed by atoms with van der Waals surface area (Å²) in [6.07, 6.45) is 9.42. The highest BCUT2D eigenvalue weighted by molar-refractivity contribution is 5.86. The van der Waals surface area contributed by atoms with E-state index in [9.17, 15) is 9.59 Å². The van der Waals surface area contributed by atoms with Gasteiger partial charge in [0.2, 0.25) is 0 Å². The van der Waals surface area contributed by atoms with Gasteiger partial charge in [0, 0.05) is 12.0 Å². The van der Waals surface area contributed by atoms with E-state index < -0.39 is 0 Å². The SMILES string of the molecule is C=C(C)C(=O)OCCCCCCCCCC=O. The Hall–Kier alpha value is -1.12. The molecule has 0 radical (unpaired) electrons. The summed E-state index contributed by atoms with van der Waals surface area (Å²) in [6.45, 7) is 5.67. The van der Waals surface area contributed by atoms with E-state index >= 15 is 0 Å². The molecule has 3 nitrogen and oxygen atoms in total. The van der Waals surface area contributed by atoms with Crippen molar-refractivity contribution in [3.63, 3.8) is 0 Å². The van der Waals surface area contributed by atoms with Crippen LogP contribution in [0, 0.1) is 0 Å². The van der Waals surface area contributed by atoms with Crippen LogP contribution in [0.5, 0.6) is 0 Å². The molecule has 0 N–H and O–H groups in total. The van der Waals surface area contributed by atoms with Crippen molar-refractivity contribution < 1.29 is 14.3 Å². The van der Waals surface area contributed by atoms with Crippen molar-refractivity contribution >= 4 is 12.3 Å². The predicted octanol–water partition coefficient (Wildman–Crippen LogP) is 3.43. The maximum absolute atomic E-state index is 11.0. The van der Waals surface area contributed by atoms with E-state index in [1.54, 1.807) is 6.92 Å². The molecule has 0 amide bonds. The minimum atomic E-state index is -0.293. The van der Waals surface area contributed by atoms with Crippen molar-refractivity contribution in [3.8, 4) is 0 Å². The number of rotatable bonds is 11. The average molecular weight is 240 g/mol. The first-order valence-electron chi connectivity index (χ1n) is 6.44. The Morgan fingerprint density at radius 3 is 2.12 bits per heavy atom. The molecule has 0 atom stereocenters. The van der Waals surface area contributed by atoms with Gasteiger partial charge in [-0.25, -0.2) is 4.79 Å². The zero-order valence-corrected chi connectivity index (χ0v) is 10.9. The van der Waals surface area contributed by atoms with Gasteiger partial charge in [0.15, 0.2) is 0 Å². The smallest absolute Gasteiger partial charge is 0.333 e. The largest absolute Gasteiger partial charge is 0.462 e. The van der Waals surface area contributed by atoms with Crippen LogP contribution < -0.4 is 0 Å². The van der Waals surface area contributed by atoms with E-state index in [0.717, 1.165) is 32.0 Å². The fourth-order valence-electron chi connectivity index (χ4n) is 1.50. The zero-order valence-electron chi connectivity index (χ0n) is 10.9. The first-order valence-corrected chi connectivity index (χ1v) is 6.44. The highest BCUT2D eigenvalue weighted by atomic mass is 16.5. The van der Waals surface area contributed by atoms with Gasteiger partial charge >= 0.3 is 5.97 Å². The molecule has 0 saturated heterocycles. The van der Waals surface area contributed by atoms with E-state index in [2.05, 4.69) is 6.58 Å². The molecular formula is C14H24O3. The lowest BCUT2D eigenvalue weighted by molar-refractivity contribution is -0.139. The summed E-state index contributed by atoms with van der Waals surface area (Å²) >= 11 is 0. The highest BCUT2D eigenvalue weighted by Crippen LogP contribution is 2.08. The molecular weight excluding hydrogens is 216 g/mol. The fraction of sp³-hybridized carbons (Fsp3) is 0.714. The Bertz CT molecular complexity index is 234. The van der Waals surface area contributed by atoms with Crippen LogP contribution in [0.1, 0.15) is 58.3 Å². The molecule has 0 unspecified atom stereocenters. The van der Waals surface area contributed by atoms with Crippen LogP contribution in [-0.4, -0.2) is 18.9 Å². The summed E-state index contributed by atoms with van der Waals surface area (Å²) in [5, 5.41) is 0. The molecule has 0 spiro atoms. The molecule has 0 fully saturated rings. The van der Waals surface area contributed by atoms with Crippen LogP contribution in [0.25, 0.3) is 0 Å². The van der Waals surface area contributed by atoms with E-state index in [-0.39, 0.29) is 5.97 Å². The molecule has 0 aromatic carbocycles. The maximum atomic E-state index is 11.0. The summed E-state index contributed by atoms with van der Waals surface area (Å²) in [5.41, 5.74) is 0.458. The van der Waals surface area contributed by atoms with Crippen molar-refractivity contribution in [2.75, 3.05) is 6.61 Å². The number of carbonyl (C=O) groups is 2. The Morgan fingerprint density at radius 1 is 1.06 bits per heavy atom. The number of esters is 1. The van der Waals surface area contributed by atoms with Crippen LogP contribution in [0.4, 0.5) is 0 Å². The molecule has 0 aliphatic carbocycles. The van der Waals surface area contributed by atoms with Gasteiger partial charge in [0.05, 0.1) is 6.61 Å². The minimum absolute atomic E-state index is 0.293. The number of carbonyl (C=O) groups excluding carboxylic acids is 2. The van der Waals surface area contributed by atoms with Gasteiger partial charge in [-0.1, -0.05) is 38.7 Å². The summed E-state index contributed by atoms with van der Waals surface area (Å²) in [5.74, 6) is -0.293. The van der Waals surface area contributed by atoms with Gasteiger partial charge in [0.25, 0.3) is 0 Å². The summed E-state index contributed by atoms with van der Waals surface area (Å²) in [6, 6.07) is 0. The molecule has 3 heteroatoms. The molecule has 0 aromatic rings. The minimum Gasteiger partial charge on any atom is -0.462 e. The molecule has 0 aliphatic rings. The van der Waals surface area contributed by atoms with Gasteiger partial charge in [-0.3, -0.25) is 0 Å². The third-order valence-corrected chi connectivity index (χ3v) is 2.55.